The number of thioether (sulfide) groups is 1. The molecule has 0 amide bonds. The molecule has 1 aliphatic carbocycles. The molecule has 0 radical (unpaired) electrons. The summed E-state index contributed by atoms with van der Waals surface area (Å²) in [5, 5.41) is 3.84. The molecule has 3 heteroatoms. The molecule has 0 spiro atoms. The first-order chi connectivity index (χ1) is 9.62. The maximum Gasteiger partial charge on any atom is 0.0276 e. The van der Waals surface area contributed by atoms with Gasteiger partial charge >= 0.3 is 0 Å². The van der Waals surface area contributed by atoms with Gasteiger partial charge in [0.2, 0.25) is 0 Å². The molecule has 0 saturated heterocycles. The Labute approximate surface area is 136 Å². The number of halogens is 1. The van der Waals surface area contributed by atoms with Gasteiger partial charge in [0.05, 0.1) is 0 Å². The molecule has 1 aromatic rings. The van der Waals surface area contributed by atoms with Crippen molar-refractivity contribution in [2.45, 2.75) is 56.7 Å². The molecule has 0 aliphatic heterocycles. The van der Waals surface area contributed by atoms with Gasteiger partial charge in [-0.1, -0.05) is 35.8 Å². The van der Waals surface area contributed by atoms with Crippen LogP contribution in [0.1, 0.15) is 44.2 Å². The fourth-order valence-electron chi connectivity index (χ4n) is 3.09. The molecule has 20 heavy (non-hydrogen) atoms. The van der Waals surface area contributed by atoms with Crippen LogP contribution in [-0.4, -0.2) is 23.6 Å². The molecule has 1 nitrogen and oxygen atoms in total. The fourth-order valence-corrected chi connectivity index (χ4v) is 4.30. The number of benzene rings is 1. The second-order valence-corrected chi connectivity index (χ2v) is 8.02. The van der Waals surface area contributed by atoms with Crippen molar-refractivity contribution in [1.29, 1.82) is 0 Å². The van der Waals surface area contributed by atoms with Gasteiger partial charge in [-0.25, -0.2) is 0 Å². The Hall–Kier alpha value is 0.01000. The van der Waals surface area contributed by atoms with Crippen LogP contribution in [0.3, 0.4) is 0 Å². The quantitative estimate of drug-likeness (QED) is 0.784. The van der Waals surface area contributed by atoms with Crippen molar-refractivity contribution in [1.82, 2.24) is 5.32 Å². The van der Waals surface area contributed by atoms with E-state index in [2.05, 4.69) is 59.5 Å². The first kappa shape index (κ1) is 16.4. The van der Waals surface area contributed by atoms with E-state index in [0.717, 1.165) is 6.54 Å². The van der Waals surface area contributed by atoms with Crippen molar-refractivity contribution in [2.24, 2.45) is 0 Å². The summed E-state index contributed by atoms with van der Waals surface area (Å²) < 4.78 is 1.63. The zero-order valence-electron chi connectivity index (χ0n) is 12.8. The molecule has 0 aromatic heterocycles. The zero-order chi connectivity index (χ0) is 14.6. The van der Waals surface area contributed by atoms with Gasteiger partial charge in [0, 0.05) is 21.8 Å². The largest absolute Gasteiger partial charge is 0.312 e. The number of nitrogens with one attached hydrogen (secondary N) is 1. The van der Waals surface area contributed by atoms with Crippen molar-refractivity contribution < 1.29 is 0 Å². The van der Waals surface area contributed by atoms with E-state index in [4.69, 9.17) is 0 Å². The van der Waals surface area contributed by atoms with E-state index in [1.54, 1.807) is 0 Å². The average molecular weight is 356 g/mol. The summed E-state index contributed by atoms with van der Waals surface area (Å²) in [7, 11) is 0. The van der Waals surface area contributed by atoms with Crippen LogP contribution in [0.5, 0.6) is 0 Å². The third-order valence-electron chi connectivity index (χ3n) is 4.83. The lowest BCUT2D eigenvalue weighted by molar-refractivity contribution is 0.409. The van der Waals surface area contributed by atoms with Crippen molar-refractivity contribution in [2.75, 3.05) is 12.8 Å². The van der Waals surface area contributed by atoms with Gasteiger partial charge in [-0.3, -0.25) is 0 Å². The highest BCUT2D eigenvalue weighted by atomic mass is 79.9. The van der Waals surface area contributed by atoms with Crippen LogP contribution in [0.15, 0.2) is 22.7 Å². The van der Waals surface area contributed by atoms with Crippen molar-refractivity contribution in [3.63, 3.8) is 0 Å². The predicted octanol–water partition coefficient (Wildman–Crippen LogP) is 4.82. The molecule has 1 unspecified atom stereocenters. The fraction of sp³-hybridized carbons (Fsp3) is 0.647. The third-order valence-corrected chi connectivity index (χ3v) is 6.91. The second-order valence-electron chi connectivity index (χ2n) is 5.83. The molecule has 1 aromatic carbocycles. The minimum absolute atomic E-state index is 0.417. The van der Waals surface area contributed by atoms with E-state index in [-0.39, 0.29) is 0 Å². The van der Waals surface area contributed by atoms with Gasteiger partial charge in [0.15, 0.2) is 0 Å². The summed E-state index contributed by atoms with van der Waals surface area (Å²) >= 11 is 5.60. The summed E-state index contributed by atoms with van der Waals surface area (Å²) in [5.41, 5.74) is 3.05. The molecule has 0 heterocycles. The molecular formula is C17H26BrNS. The van der Waals surface area contributed by atoms with E-state index in [9.17, 15) is 0 Å². The lowest BCUT2D eigenvalue weighted by atomic mass is 9.88. The van der Waals surface area contributed by atoms with Gasteiger partial charge in [0.25, 0.3) is 0 Å². The Balaban J connectivity index is 1.95. The van der Waals surface area contributed by atoms with Crippen molar-refractivity contribution in [3.8, 4) is 0 Å². The molecule has 0 fully saturated rings. The van der Waals surface area contributed by atoms with E-state index < -0.39 is 0 Å². The van der Waals surface area contributed by atoms with Gasteiger partial charge in [0.1, 0.15) is 0 Å². The lowest BCUT2D eigenvalue weighted by Crippen LogP contribution is -2.43. The van der Waals surface area contributed by atoms with E-state index >= 15 is 0 Å². The predicted molar refractivity (Wildman–Crippen MR) is 94.8 cm³/mol. The first-order valence-electron chi connectivity index (χ1n) is 7.68. The second kappa shape index (κ2) is 7.33. The van der Waals surface area contributed by atoms with Crippen LogP contribution >= 0.6 is 27.7 Å². The molecule has 2 rings (SSSR count). The Morgan fingerprint density at radius 3 is 2.70 bits per heavy atom. The Kier molecular flexibility index (Phi) is 6.00. The summed E-state index contributed by atoms with van der Waals surface area (Å²) in [5.74, 6) is 0. The minimum atomic E-state index is 0.417. The highest BCUT2D eigenvalue weighted by molar-refractivity contribution is 9.10. The van der Waals surface area contributed by atoms with E-state index in [0.29, 0.717) is 10.8 Å². The maximum atomic E-state index is 3.84. The van der Waals surface area contributed by atoms with Crippen molar-refractivity contribution >= 4 is 27.7 Å². The average Bonchev–Trinajstić information content (AvgIpc) is 2.49. The number of hydrogen-bond acceptors (Lipinski definition) is 2. The standard InChI is InChI=1S/C17H26BrNS/c1-4-17(5-2,20-3)12-19-16-9-7-13-10-15(18)8-6-14(13)11-16/h6,8,10,16,19H,4-5,7,9,11-12H2,1-3H3. The van der Waals surface area contributed by atoms with Crippen LogP contribution in [0.2, 0.25) is 0 Å². The maximum absolute atomic E-state index is 3.84. The van der Waals surface area contributed by atoms with Gasteiger partial charge < -0.3 is 5.32 Å². The molecule has 1 atom stereocenters. The molecule has 112 valence electrons. The molecule has 1 aliphatic rings. The molecule has 0 saturated carbocycles. The Bertz CT molecular complexity index is 434. The summed E-state index contributed by atoms with van der Waals surface area (Å²) in [6.07, 6.45) is 8.39. The first-order valence-corrected chi connectivity index (χ1v) is 9.70. The van der Waals surface area contributed by atoms with Crippen LogP contribution in [-0.2, 0) is 12.8 Å². The minimum Gasteiger partial charge on any atom is -0.312 e. The van der Waals surface area contributed by atoms with E-state index in [1.807, 2.05) is 11.8 Å². The molecule has 0 bridgehead atoms. The SMILES string of the molecule is CCC(CC)(CNC1CCc2cc(Br)ccc2C1)SC. The normalized spacial score (nSPS) is 18.9. The highest BCUT2D eigenvalue weighted by Crippen LogP contribution is 2.30. The summed E-state index contributed by atoms with van der Waals surface area (Å²) in [4.78, 5) is 0. The van der Waals surface area contributed by atoms with Crippen LogP contribution < -0.4 is 5.32 Å². The number of rotatable bonds is 6. The van der Waals surface area contributed by atoms with Crippen LogP contribution in [0.4, 0.5) is 0 Å². The van der Waals surface area contributed by atoms with Gasteiger partial charge in [-0.15, -0.1) is 0 Å². The number of fused-ring (bicyclic) bond motifs is 1. The lowest BCUT2D eigenvalue weighted by Gasteiger charge is -2.34. The molecular weight excluding hydrogens is 330 g/mol. The number of hydrogen-bond donors (Lipinski definition) is 1. The smallest absolute Gasteiger partial charge is 0.0276 e. The van der Waals surface area contributed by atoms with Crippen LogP contribution in [0, 0.1) is 0 Å². The Morgan fingerprint density at radius 1 is 1.30 bits per heavy atom. The van der Waals surface area contributed by atoms with Gasteiger partial charge in [-0.2, -0.15) is 11.8 Å². The Morgan fingerprint density at radius 2 is 2.05 bits per heavy atom. The van der Waals surface area contributed by atoms with Gasteiger partial charge in [-0.05, 0) is 61.6 Å². The highest BCUT2D eigenvalue weighted by Gasteiger charge is 2.27. The van der Waals surface area contributed by atoms with E-state index in [1.165, 1.54) is 47.7 Å². The van der Waals surface area contributed by atoms with Crippen LogP contribution in [0.25, 0.3) is 0 Å². The zero-order valence-corrected chi connectivity index (χ0v) is 15.2. The third kappa shape index (κ3) is 3.80. The van der Waals surface area contributed by atoms with Crippen molar-refractivity contribution in [3.05, 3.63) is 33.8 Å². The summed E-state index contributed by atoms with van der Waals surface area (Å²) in [6.45, 7) is 5.77. The number of aryl methyl sites for hydroxylation is 1. The topological polar surface area (TPSA) is 12.0 Å². The molecule has 1 N–H and O–H groups in total. The summed E-state index contributed by atoms with van der Waals surface area (Å²) in [6, 6.07) is 7.39. The monoisotopic (exact) mass is 355 g/mol.